The van der Waals surface area contributed by atoms with Crippen LogP contribution in [0.25, 0.3) is 11.0 Å². The fourth-order valence-corrected chi connectivity index (χ4v) is 3.53. The Hall–Kier alpha value is -4.17. The highest BCUT2D eigenvalue weighted by Crippen LogP contribution is 2.32. The van der Waals surface area contributed by atoms with Gasteiger partial charge < -0.3 is 4.42 Å². The molecule has 158 valence electrons. The summed E-state index contributed by atoms with van der Waals surface area (Å²) in [6, 6.07) is 21.1. The van der Waals surface area contributed by atoms with Gasteiger partial charge in [0.25, 0.3) is 5.69 Å². The van der Waals surface area contributed by atoms with Gasteiger partial charge in [-0.1, -0.05) is 43.4 Å². The minimum Gasteiger partial charge on any atom is -0.460 e. The second-order valence-electron chi connectivity index (χ2n) is 7.46. The van der Waals surface area contributed by atoms with Gasteiger partial charge in [0.1, 0.15) is 11.3 Å². The number of aryl methyl sites for hydroxylation is 1. The van der Waals surface area contributed by atoms with E-state index in [2.05, 4.69) is 18.8 Å². The third-order valence-corrected chi connectivity index (χ3v) is 5.21. The van der Waals surface area contributed by atoms with Crippen molar-refractivity contribution in [1.82, 2.24) is 0 Å². The van der Waals surface area contributed by atoms with Gasteiger partial charge in [-0.15, -0.1) is 0 Å². The van der Waals surface area contributed by atoms with Gasteiger partial charge in [-0.05, 0) is 48.9 Å². The number of rotatable bonds is 6. The number of carbonyl (C=O) groups is 1. The molecule has 5 heteroatoms. The molecule has 0 unspecified atom stereocenters. The lowest BCUT2D eigenvalue weighted by molar-refractivity contribution is -0.384. The summed E-state index contributed by atoms with van der Waals surface area (Å²) in [5.41, 5.74) is 3.02. The van der Waals surface area contributed by atoms with E-state index in [0.29, 0.717) is 34.3 Å². The second-order valence-corrected chi connectivity index (χ2v) is 7.46. The zero-order chi connectivity index (χ0) is 22.5. The van der Waals surface area contributed by atoms with Crippen molar-refractivity contribution >= 4 is 22.4 Å². The summed E-state index contributed by atoms with van der Waals surface area (Å²) in [5.74, 6) is 6.55. The lowest BCUT2D eigenvalue weighted by Gasteiger charge is -2.03. The Balaban J connectivity index is 1.70. The number of unbranched alkanes of at least 4 members (excludes halogenated alkanes) is 1. The molecule has 0 saturated heterocycles. The van der Waals surface area contributed by atoms with Crippen LogP contribution in [0.15, 0.2) is 77.2 Å². The number of nitro groups is 1. The average molecular weight is 423 g/mol. The van der Waals surface area contributed by atoms with Crippen LogP contribution in [0, 0.1) is 22.0 Å². The lowest BCUT2D eigenvalue weighted by Crippen LogP contribution is -2.04. The number of ketones is 1. The molecule has 4 aromatic rings. The highest BCUT2D eigenvalue weighted by atomic mass is 16.6. The number of furan rings is 1. The summed E-state index contributed by atoms with van der Waals surface area (Å²) in [4.78, 5) is 24.2. The Bertz CT molecular complexity index is 1340. The second kappa shape index (κ2) is 9.32. The number of nitro benzene ring substituents is 1. The van der Waals surface area contributed by atoms with Gasteiger partial charge in [-0.25, -0.2) is 0 Å². The predicted molar refractivity (Wildman–Crippen MR) is 124 cm³/mol. The van der Waals surface area contributed by atoms with Gasteiger partial charge in [-0.3, -0.25) is 14.9 Å². The van der Waals surface area contributed by atoms with Gasteiger partial charge in [0.2, 0.25) is 0 Å². The molecule has 0 aliphatic heterocycles. The number of fused-ring (bicyclic) bond motifs is 1. The van der Waals surface area contributed by atoms with Gasteiger partial charge in [-0.2, -0.15) is 0 Å². The highest BCUT2D eigenvalue weighted by molar-refractivity contribution is 6.17. The van der Waals surface area contributed by atoms with Crippen molar-refractivity contribution in [3.8, 4) is 11.8 Å². The minimum absolute atomic E-state index is 0.0686. The maximum Gasteiger partial charge on any atom is 0.270 e. The van der Waals surface area contributed by atoms with E-state index in [1.165, 1.54) is 12.1 Å². The molecule has 1 aromatic heterocycles. The molecule has 0 spiro atoms. The molecular weight excluding hydrogens is 402 g/mol. The summed E-state index contributed by atoms with van der Waals surface area (Å²) < 4.78 is 5.92. The van der Waals surface area contributed by atoms with Crippen molar-refractivity contribution in [2.75, 3.05) is 0 Å². The zero-order valence-electron chi connectivity index (χ0n) is 17.6. The summed E-state index contributed by atoms with van der Waals surface area (Å²) in [7, 11) is 0. The van der Waals surface area contributed by atoms with Crippen molar-refractivity contribution in [1.29, 1.82) is 0 Å². The molecule has 0 amide bonds. The molecule has 0 aliphatic rings. The van der Waals surface area contributed by atoms with E-state index in [-0.39, 0.29) is 11.5 Å². The third-order valence-electron chi connectivity index (χ3n) is 5.21. The Kier molecular flexibility index (Phi) is 6.14. The van der Waals surface area contributed by atoms with Crippen LogP contribution in [0.1, 0.15) is 52.6 Å². The first kappa shape index (κ1) is 21.1. The molecule has 0 aliphatic carbocycles. The van der Waals surface area contributed by atoms with Crippen LogP contribution in [0.5, 0.6) is 0 Å². The first-order chi connectivity index (χ1) is 15.6. The van der Waals surface area contributed by atoms with Crippen molar-refractivity contribution < 1.29 is 14.1 Å². The Morgan fingerprint density at radius 2 is 1.66 bits per heavy atom. The fourth-order valence-electron chi connectivity index (χ4n) is 3.53. The van der Waals surface area contributed by atoms with Crippen LogP contribution in [0.3, 0.4) is 0 Å². The fraction of sp³-hybridized carbons (Fsp3) is 0.148. The maximum absolute atomic E-state index is 13.4. The molecule has 4 rings (SSSR count). The first-order valence-electron chi connectivity index (χ1n) is 10.5. The Labute approximate surface area is 185 Å². The van der Waals surface area contributed by atoms with E-state index in [1.54, 1.807) is 30.3 Å². The summed E-state index contributed by atoms with van der Waals surface area (Å²) in [5, 5.41) is 11.7. The summed E-state index contributed by atoms with van der Waals surface area (Å²) in [6.07, 6.45) is 2.40. The number of benzene rings is 3. The molecule has 5 nitrogen and oxygen atoms in total. The molecular formula is C27H21NO4. The molecule has 1 heterocycles. The van der Waals surface area contributed by atoms with E-state index >= 15 is 0 Å². The maximum atomic E-state index is 13.4. The van der Waals surface area contributed by atoms with Gasteiger partial charge in [0.15, 0.2) is 5.78 Å². The van der Waals surface area contributed by atoms with Crippen molar-refractivity contribution in [3.63, 3.8) is 0 Å². The van der Waals surface area contributed by atoms with Crippen molar-refractivity contribution in [2.45, 2.75) is 26.2 Å². The van der Waals surface area contributed by atoms with Crippen LogP contribution < -0.4 is 0 Å². The van der Waals surface area contributed by atoms with Crippen molar-refractivity contribution in [3.05, 3.63) is 111 Å². The molecule has 0 bridgehead atoms. The standard InChI is InChI=1S/C27H21NO4/c1-2-3-9-25-26(23-18-22(28(30)31)16-17-24(23)32-25)27(29)21-14-12-20(13-15-21)11-10-19-7-5-4-6-8-19/h4-8,12-18H,2-3,9H2,1H3. The molecule has 0 fully saturated rings. The van der Waals surface area contributed by atoms with E-state index in [9.17, 15) is 14.9 Å². The summed E-state index contributed by atoms with van der Waals surface area (Å²) >= 11 is 0. The monoisotopic (exact) mass is 423 g/mol. The largest absolute Gasteiger partial charge is 0.460 e. The van der Waals surface area contributed by atoms with Gasteiger partial charge in [0.05, 0.1) is 10.5 Å². The van der Waals surface area contributed by atoms with E-state index in [0.717, 1.165) is 24.0 Å². The van der Waals surface area contributed by atoms with Crippen LogP contribution in [0.2, 0.25) is 0 Å². The van der Waals surface area contributed by atoms with E-state index in [4.69, 9.17) is 4.42 Å². The normalized spacial score (nSPS) is 10.5. The number of nitrogens with zero attached hydrogens (tertiary/aromatic N) is 1. The predicted octanol–water partition coefficient (Wildman–Crippen LogP) is 6.31. The first-order valence-corrected chi connectivity index (χ1v) is 10.5. The lowest BCUT2D eigenvalue weighted by atomic mass is 9.97. The van der Waals surface area contributed by atoms with Crippen molar-refractivity contribution in [2.24, 2.45) is 0 Å². The third kappa shape index (κ3) is 4.45. The number of non-ortho nitro benzene ring substituents is 1. The van der Waals surface area contributed by atoms with Crippen LogP contribution in [-0.2, 0) is 6.42 Å². The molecule has 3 aromatic carbocycles. The van der Waals surface area contributed by atoms with Crippen LogP contribution in [0.4, 0.5) is 5.69 Å². The van der Waals surface area contributed by atoms with E-state index < -0.39 is 4.92 Å². The minimum atomic E-state index is -0.466. The Morgan fingerprint density at radius 3 is 2.31 bits per heavy atom. The molecule has 0 atom stereocenters. The Morgan fingerprint density at radius 1 is 0.969 bits per heavy atom. The smallest absolute Gasteiger partial charge is 0.270 e. The number of carbonyl (C=O) groups excluding carboxylic acids is 1. The van der Waals surface area contributed by atoms with Crippen LogP contribution in [-0.4, -0.2) is 10.7 Å². The summed E-state index contributed by atoms with van der Waals surface area (Å²) in [6.45, 7) is 2.06. The van der Waals surface area contributed by atoms with E-state index in [1.807, 2.05) is 30.3 Å². The zero-order valence-corrected chi connectivity index (χ0v) is 17.6. The average Bonchev–Trinajstić information content (AvgIpc) is 3.19. The highest BCUT2D eigenvalue weighted by Gasteiger charge is 2.23. The molecule has 0 N–H and O–H groups in total. The molecule has 32 heavy (non-hydrogen) atoms. The number of hydrogen-bond donors (Lipinski definition) is 0. The molecule has 0 radical (unpaired) electrons. The topological polar surface area (TPSA) is 73.3 Å². The SMILES string of the molecule is CCCCc1oc2ccc([N+](=O)[O-])cc2c1C(=O)c1ccc(C#Cc2ccccc2)cc1. The van der Waals surface area contributed by atoms with Gasteiger partial charge in [0, 0.05) is 40.6 Å². The van der Waals surface area contributed by atoms with Gasteiger partial charge >= 0.3 is 0 Å². The van der Waals surface area contributed by atoms with Crippen LogP contribution >= 0.6 is 0 Å². The number of hydrogen-bond acceptors (Lipinski definition) is 4. The quantitative estimate of drug-likeness (QED) is 0.158. The molecule has 0 saturated carbocycles.